The Morgan fingerprint density at radius 1 is 1.23 bits per heavy atom. The van der Waals surface area contributed by atoms with Crippen LogP contribution < -0.4 is 5.73 Å². The van der Waals surface area contributed by atoms with Gasteiger partial charge in [-0.2, -0.15) is 10.2 Å². The van der Waals surface area contributed by atoms with Gasteiger partial charge in [-0.05, 0) is 26.0 Å². The fraction of sp³-hybridized carbons (Fsp3) is 0.200. The Bertz CT molecular complexity index is 844. The number of carbonyl (C=O) groups is 1. The molecule has 1 amide bonds. The van der Waals surface area contributed by atoms with Crippen LogP contribution in [0.15, 0.2) is 35.4 Å². The molecule has 0 radical (unpaired) electrons. The van der Waals surface area contributed by atoms with Crippen LogP contribution in [0.1, 0.15) is 11.4 Å². The van der Waals surface area contributed by atoms with Gasteiger partial charge in [0.15, 0.2) is 0 Å². The Hall–Kier alpha value is -2.41. The molecular weight excluding hydrogens is 298 g/mol. The number of nitrogens with two attached hydrogens (primary N) is 1. The SMILES string of the molecule is Cc1nnc(SCC(N)=O)c2nn(-c3ccccc3)c(C)c12. The molecule has 112 valence electrons. The Kier molecular flexibility index (Phi) is 3.81. The number of benzene rings is 1. The van der Waals surface area contributed by atoms with Crippen molar-refractivity contribution in [1.82, 2.24) is 20.0 Å². The molecule has 0 atom stereocenters. The zero-order valence-electron chi connectivity index (χ0n) is 12.3. The molecule has 2 aromatic heterocycles. The van der Waals surface area contributed by atoms with Crippen molar-refractivity contribution in [3.05, 3.63) is 41.7 Å². The van der Waals surface area contributed by atoms with Gasteiger partial charge >= 0.3 is 0 Å². The number of primary amides is 1. The van der Waals surface area contributed by atoms with Gasteiger partial charge in [-0.25, -0.2) is 4.68 Å². The number of fused-ring (bicyclic) bond motifs is 1. The molecule has 0 spiro atoms. The second kappa shape index (κ2) is 5.76. The summed E-state index contributed by atoms with van der Waals surface area (Å²) >= 11 is 1.26. The molecule has 0 bridgehead atoms. The highest BCUT2D eigenvalue weighted by Crippen LogP contribution is 2.29. The molecular formula is C15H15N5OS. The Labute approximate surface area is 131 Å². The molecule has 3 aromatic rings. The Balaban J connectivity index is 2.17. The Morgan fingerprint density at radius 3 is 2.64 bits per heavy atom. The maximum Gasteiger partial charge on any atom is 0.227 e. The predicted octanol–water partition coefficient (Wildman–Crippen LogP) is 2.01. The van der Waals surface area contributed by atoms with Gasteiger partial charge < -0.3 is 5.73 Å². The summed E-state index contributed by atoms with van der Waals surface area (Å²) in [5, 5.41) is 14.6. The number of aromatic nitrogens is 4. The molecule has 0 aliphatic carbocycles. The molecule has 2 N–H and O–H groups in total. The van der Waals surface area contributed by atoms with Gasteiger partial charge in [0.2, 0.25) is 5.91 Å². The van der Waals surface area contributed by atoms with E-state index in [1.54, 1.807) is 0 Å². The van der Waals surface area contributed by atoms with Crippen LogP contribution in [0.3, 0.4) is 0 Å². The number of nitrogens with zero attached hydrogens (tertiary/aromatic N) is 4. The standard InChI is InChI=1S/C15H15N5OS/c1-9-13-10(2)20(11-6-4-3-5-7-11)19-14(13)15(18-17-9)22-8-12(16)21/h3-7H,8H2,1-2H3,(H2,16,21). The summed E-state index contributed by atoms with van der Waals surface area (Å²) in [6.07, 6.45) is 0. The molecule has 0 saturated heterocycles. The lowest BCUT2D eigenvalue weighted by Gasteiger charge is -2.03. The first-order valence-electron chi connectivity index (χ1n) is 6.77. The van der Waals surface area contributed by atoms with Crippen molar-refractivity contribution >= 4 is 28.6 Å². The first kappa shape index (κ1) is 14.5. The summed E-state index contributed by atoms with van der Waals surface area (Å²) < 4.78 is 1.87. The summed E-state index contributed by atoms with van der Waals surface area (Å²) in [5.41, 5.74) is 8.74. The maximum absolute atomic E-state index is 11.0. The Morgan fingerprint density at radius 2 is 1.95 bits per heavy atom. The highest BCUT2D eigenvalue weighted by Gasteiger charge is 2.17. The van der Waals surface area contributed by atoms with Crippen molar-refractivity contribution in [3.63, 3.8) is 0 Å². The van der Waals surface area contributed by atoms with E-state index in [1.807, 2.05) is 48.9 Å². The number of para-hydroxylation sites is 1. The van der Waals surface area contributed by atoms with Crippen LogP contribution >= 0.6 is 11.8 Å². The number of hydrogen-bond donors (Lipinski definition) is 1. The first-order valence-corrected chi connectivity index (χ1v) is 7.75. The third kappa shape index (κ3) is 2.55. The van der Waals surface area contributed by atoms with E-state index < -0.39 is 0 Å². The molecule has 0 aliphatic heterocycles. The normalized spacial score (nSPS) is 11.0. The first-order chi connectivity index (χ1) is 10.6. The van der Waals surface area contributed by atoms with Crippen LogP contribution in [0.5, 0.6) is 0 Å². The molecule has 0 aliphatic rings. The van der Waals surface area contributed by atoms with Crippen LogP contribution in [0, 0.1) is 13.8 Å². The van der Waals surface area contributed by atoms with Crippen LogP contribution in [-0.2, 0) is 4.79 Å². The minimum atomic E-state index is -0.389. The third-order valence-corrected chi connectivity index (χ3v) is 4.30. The molecule has 6 nitrogen and oxygen atoms in total. The summed E-state index contributed by atoms with van der Waals surface area (Å²) in [6, 6.07) is 9.88. The summed E-state index contributed by atoms with van der Waals surface area (Å²) in [6.45, 7) is 3.90. The fourth-order valence-electron chi connectivity index (χ4n) is 2.36. The zero-order valence-corrected chi connectivity index (χ0v) is 13.1. The fourth-order valence-corrected chi connectivity index (χ4v) is 3.02. The smallest absolute Gasteiger partial charge is 0.227 e. The number of thioether (sulfide) groups is 1. The number of rotatable bonds is 4. The van der Waals surface area contributed by atoms with E-state index in [9.17, 15) is 4.79 Å². The monoisotopic (exact) mass is 313 g/mol. The minimum absolute atomic E-state index is 0.157. The van der Waals surface area contributed by atoms with Crippen LogP contribution in [0.25, 0.3) is 16.6 Å². The summed E-state index contributed by atoms with van der Waals surface area (Å²) in [7, 11) is 0. The molecule has 22 heavy (non-hydrogen) atoms. The maximum atomic E-state index is 11.0. The lowest BCUT2D eigenvalue weighted by molar-refractivity contribution is -0.115. The van der Waals surface area contributed by atoms with E-state index >= 15 is 0 Å². The zero-order chi connectivity index (χ0) is 15.7. The highest BCUT2D eigenvalue weighted by molar-refractivity contribution is 8.00. The quantitative estimate of drug-likeness (QED) is 0.745. The van der Waals surface area contributed by atoms with Crippen LogP contribution in [-0.4, -0.2) is 31.6 Å². The molecule has 0 saturated carbocycles. The molecule has 2 heterocycles. The van der Waals surface area contributed by atoms with Crippen molar-refractivity contribution in [2.75, 3.05) is 5.75 Å². The number of aryl methyl sites for hydroxylation is 2. The van der Waals surface area contributed by atoms with Crippen molar-refractivity contribution in [2.24, 2.45) is 5.73 Å². The molecule has 0 fully saturated rings. The van der Waals surface area contributed by atoms with Gasteiger partial charge in [-0.3, -0.25) is 4.79 Å². The van der Waals surface area contributed by atoms with Crippen molar-refractivity contribution in [1.29, 1.82) is 0 Å². The van der Waals surface area contributed by atoms with E-state index in [4.69, 9.17) is 5.73 Å². The van der Waals surface area contributed by atoms with Gasteiger partial charge in [-0.1, -0.05) is 30.0 Å². The van der Waals surface area contributed by atoms with E-state index in [2.05, 4.69) is 15.3 Å². The lowest BCUT2D eigenvalue weighted by atomic mass is 10.2. The van der Waals surface area contributed by atoms with Gasteiger partial charge in [0.1, 0.15) is 10.5 Å². The average molecular weight is 313 g/mol. The van der Waals surface area contributed by atoms with Crippen LogP contribution in [0.2, 0.25) is 0 Å². The predicted molar refractivity (Wildman–Crippen MR) is 86.1 cm³/mol. The minimum Gasteiger partial charge on any atom is -0.369 e. The van der Waals surface area contributed by atoms with Crippen LogP contribution in [0.4, 0.5) is 0 Å². The van der Waals surface area contributed by atoms with Crippen molar-refractivity contribution in [2.45, 2.75) is 18.9 Å². The highest BCUT2D eigenvalue weighted by atomic mass is 32.2. The molecule has 1 aromatic carbocycles. The lowest BCUT2D eigenvalue weighted by Crippen LogP contribution is -2.13. The molecule has 7 heteroatoms. The number of hydrogen-bond acceptors (Lipinski definition) is 5. The van der Waals surface area contributed by atoms with Gasteiger partial charge in [0, 0.05) is 5.39 Å². The van der Waals surface area contributed by atoms with E-state index in [0.717, 1.165) is 28.0 Å². The molecule has 0 unspecified atom stereocenters. The van der Waals surface area contributed by atoms with E-state index in [0.29, 0.717) is 5.03 Å². The van der Waals surface area contributed by atoms with E-state index in [-0.39, 0.29) is 11.7 Å². The second-order valence-corrected chi connectivity index (χ2v) is 5.87. The number of carbonyl (C=O) groups excluding carboxylic acids is 1. The summed E-state index contributed by atoms with van der Waals surface area (Å²) in [4.78, 5) is 11.0. The van der Waals surface area contributed by atoms with E-state index in [1.165, 1.54) is 11.8 Å². The van der Waals surface area contributed by atoms with Gasteiger partial charge in [-0.15, -0.1) is 5.10 Å². The molecule has 3 rings (SSSR count). The van der Waals surface area contributed by atoms with Gasteiger partial charge in [0.05, 0.1) is 22.8 Å². The largest absolute Gasteiger partial charge is 0.369 e. The third-order valence-electron chi connectivity index (χ3n) is 3.32. The second-order valence-electron chi connectivity index (χ2n) is 4.90. The van der Waals surface area contributed by atoms with Crippen molar-refractivity contribution < 1.29 is 4.79 Å². The summed E-state index contributed by atoms with van der Waals surface area (Å²) in [5.74, 6) is -0.232. The van der Waals surface area contributed by atoms with Crippen molar-refractivity contribution in [3.8, 4) is 5.69 Å². The topological polar surface area (TPSA) is 86.7 Å². The average Bonchev–Trinajstić information content (AvgIpc) is 2.86. The number of amides is 1. The van der Waals surface area contributed by atoms with Gasteiger partial charge in [0.25, 0.3) is 0 Å².